The van der Waals surface area contributed by atoms with E-state index >= 15 is 0 Å². The maximum absolute atomic E-state index is 13.9. The highest BCUT2D eigenvalue weighted by atomic mass is 16.6. The molecule has 1 saturated heterocycles. The Balaban J connectivity index is 1.72. The fourth-order valence-electron chi connectivity index (χ4n) is 5.06. The lowest BCUT2D eigenvalue weighted by Gasteiger charge is -2.37. The quantitative estimate of drug-likeness (QED) is 0.514. The Kier molecular flexibility index (Phi) is 6.15. The summed E-state index contributed by atoms with van der Waals surface area (Å²) in [5.41, 5.74) is -0.292. The number of carbonyl (C=O) groups excluding carboxylic acids is 2. The van der Waals surface area contributed by atoms with E-state index in [1.54, 1.807) is 24.3 Å². The van der Waals surface area contributed by atoms with E-state index in [1.807, 2.05) is 36.4 Å². The zero-order chi connectivity index (χ0) is 21.9. The molecular weight excluding hydrogens is 390 g/mol. The van der Waals surface area contributed by atoms with Crippen LogP contribution in [0.1, 0.15) is 48.0 Å². The van der Waals surface area contributed by atoms with Gasteiger partial charge in [-0.25, -0.2) is 9.59 Å². The Morgan fingerprint density at radius 2 is 1.52 bits per heavy atom. The first kappa shape index (κ1) is 21.6. The number of hydrogen-bond acceptors (Lipinski definition) is 4. The molecule has 1 heterocycles. The number of ether oxygens (including phenoxy) is 2. The van der Waals surface area contributed by atoms with Crippen LogP contribution in [0.25, 0.3) is 0 Å². The van der Waals surface area contributed by atoms with E-state index in [4.69, 9.17) is 9.47 Å². The predicted molar refractivity (Wildman–Crippen MR) is 118 cm³/mol. The monoisotopic (exact) mass is 422 g/mol. The molecule has 2 atom stereocenters. The minimum Gasteiger partial charge on any atom is -0.453 e. The molecule has 0 spiro atoms. The summed E-state index contributed by atoms with van der Waals surface area (Å²) < 4.78 is 13.1. The summed E-state index contributed by atoms with van der Waals surface area (Å²) in [6, 6.07) is 18.3. The Morgan fingerprint density at radius 3 is 2.10 bits per heavy atom. The fourth-order valence-corrected chi connectivity index (χ4v) is 5.06. The van der Waals surface area contributed by atoms with Gasteiger partial charge in [0, 0.05) is 17.9 Å². The molecule has 1 aliphatic carbocycles. The van der Waals surface area contributed by atoms with Crippen LogP contribution in [0.15, 0.2) is 60.7 Å². The number of hydrogen-bond donors (Lipinski definition) is 0. The van der Waals surface area contributed by atoms with Crippen LogP contribution in [0.3, 0.4) is 0 Å². The lowest BCUT2D eigenvalue weighted by molar-refractivity contribution is -0.879. The van der Waals surface area contributed by atoms with E-state index in [0.29, 0.717) is 11.1 Å². The van der Waals surface area contributed by atoms with E-state index in [0.717, 1.165) is 49.7 Å². The average molecular weight is 423 g/mol. The zero-order valence-electron chi connectivity index (χ0n) is 18.5. The van der Waals surface area contributed by atoms with Gasteiger partial charge in [0.05, 0.1) is 26.2 Å². The van der Waals surface area contributed by atoms with Gasteiger partial charge in [-0.05, 0) is 25.0 Å². The molecule has 2 aromatic rings. The van der Waals surface area contributed by atoms with Crippen molar-refractivity contribution in [1.82, 2.24) is 0 Å². The van der Waals surface area contributed by atoms with Crippen LogP contribution in [0, 0.1) is 5.92 Å². The molecule has 1 saturated carbocycles. The number of quaternary nitrogens is 1. The van der Waals surface area contributed by atoms with E-state index < -0.39 is 17.5 Å². The third-order valence-corrected chi connectivity index (χ3v) is 6.73. The fraction of sp³-hybridized carbons (Fsp3) is 0.462. The van der Waals surface area contributed by atoms with Crippen molar-refractivity contribution in [3.05, 3.63) is 71.8 Å². The van der Waals surface area contributed by atoms with Crippen molar-refractivity contribution in [1.29, 1.82) is 0 Å². The third kappa shape index (κ3) is 4.52. The van der Waals surface area contributed by atoms with Gasteiger partial charge >= 0.3 is 11.9 Å². The van der Waals surface area contributed by atoms with Gasteiger partial charge in [0.15, 0.2) is 6.10 Å². The zero-order valence-corrected chi connectivity index (χ0v) is 18.5. The summed E-state index contributed by atoms with van der Waals surface area (Å²) in [5.74, 6) is -1.02. The number of benzene rings is 2. The second-order valence-corrected chi connectivity index (χ2v) is 9.50. The van der Waals surface area contributed by atoms with E-state index in [2.05, 4.69) is 14.1 Å². The number of esters is 2. The molecule has 5 nitrogen and oxygen atoms in total. The van der Waals surface area contributed by atoms with Crippen LogP contribution < -0.4 is 0 Å². The number of nitrogens with zero attached hydrogens (tertiary/aromatic N) is 1. The van der Waals surface area contributed by atoms with E-state index in [-0.39, 0.29) is 12.0 Å². The Bertz CT molecular complexity index is 906. The summed E-state index contributed by atoms with van der Waals surface area (Å²) in [5, 5.41) is 0. The Labute approximate surface area is 184 Å². The first-order chi connectivity index (χ1) is 14.9. The molecule has 0 amide bonds. The summed E-state index contributed by atoms with van der Waals surface area (Å²) in [6.07, 6.45) is 4.35. The Hall–Kier alpha value is -2.66. The number of carbonyl (C=O) groups is 2. The maximum atomic E-state index is 13.9. The summed E-state index contributed by atoms with van der Waals surface area (Å²) in [4.78, 5) is 27.1. The van der Waals surface area contributed by atoms with Crippen molar-refractivity contribution >= 4 is 11.9 Å². The molecule has 0 radical (unpaired) electrons. The topological polar surface area (TPSA) is 52.6 Å². The minimum atomic E-state index is -1.43. The van der Waals surface area contributed by atoms with Crippen molar-refractivity contribution in [2.75, 3.05) is 27.2 Å². The maximum Gasteiger partial charge on any atom is 0.356 e. The van der Waals surface area contributed by atoms with E-state index in [9.17, 15) is 9.59 Å². The highest BCUT2D eigenvalue weighted by Gasteiger charge is 2.54. The number of rotatable bonds is 6. The minimum absolute atomic E-state index is 0.0982. The lowest BCUT2D eigenvalue weighted by atomic mass is 9.79. The smallest absolute Gasteiger partial charge is 0.356 e. The molecule has 31 heavy (non-hydrogen) atoms. The lowest BCUT2D eigenvalue weighted by Crippen LogP contribution is -2.49. The normalized spacial score (nSPS) is 22.6. The summed E-state index contributed by atoms with van der Waals surface area (Å²) in [6.45, 7) is 1.73. The standard InChI is InChI=1S/C26H32NO4/c1-27(2)18-17-23(19-27)30-25(29)26(22-15-9-10-16-22,21-13-7-4-8-14-21)31-24(28)20-11-5-3-6-12-20/h3-8,11-14,22-23H,9-10,15-19H2,1-2H3/q+1. The van der Waals surface area contributed by atoms with E-state index in [1.165, 1.54) is 0 Å². The van der Waals surface area contributed by atoms with Crippen molar-refractivity contribution in [2.45, 2.75) is 43.8 Å². The molecule has 0 N–H and O–H groups in total. The summed E-state index contributed by atoms with van der Waals surface area (Å²) in [7, 11) is 4.29. The van der Waals surface area contributed by atoms with Crippen LogP contribution >= 0.6 is 0 Å². The third-order valence-electron chi connectivity index (χ3n) is 6.73. The average Bonchev–Trinajstić information content (AvgIpc) is 3.43. The molecule has 0 bridgehead atoms. The van der Waals surface area contributed by atoms with Gasteiger partial charge < -0.3 is 14.0 Å². The molecule has 2 unspecified atom stereocenters. The second kappa shape index (κ2) is 8.83. The molecule has 4 rings (SSSR count). The molecule has 1 aliphatic heterocycles. The second-order valence-electron chi connectivity index (χ2n) is 9.50. The van der Waals surface area contributed by atoms with Crippen LogP contribution in [0.4, 0.5) is 0 Å². The van der Waals surface area contributed by atoms with Gasteiger partial charge in [0.2, 0.25) is 5.60 Å². The first-order valence-corrected chi connectivity index (χ1v) is 11.3. The van der Waals surface area contributed by atoms with Gasteiger partial charge in [-0.1, -0.05) is 61.4 Å². The van der Waals surface area contributed by atoms with Crippen molar-refractivity contribution in [3.63, 3.8) is 0 Å². The molecule has 5 heteroatoms. The SMILES string of the molecule is C[N+]1(C)CCC(OC(=O)C(OC(=O)c2ccccc2)(c2ccccc2)C2CCCC2)C1. The van der Waals surface area contributed by atoms with Gasteiger partial charge in [-0.3, -0.25) is 0 Å². The van der Waals surface area contributed by atoms with Crippen LogP contribution in [-0.2, 0) is 19.9 Å². The molecular formula is C26H32NO4+. The van der Waals surface area contributed by atoms with Gasteiger partial charge in [0.25, 0.3) is 0 Å². The van der Waals surface area contributed by atoms with Gasteiger partial charge in [0.1, 0.15) is 6.54 Å². The highest BCUT2D eigenvalue weighted by molar-refractivity contribution is 5.93. The summed E-state index contributed by atoms with van der Waals surface area (Å²) >= 11 is 0. The molecule has 2 aromatic carbocycles. The largest absolute Gasteiger partial charge is 0.453 e. The van der Waals surface area contributed by atoms with Crippen LogP contribution in [0.2, 0.25) is 0 Å². The highest BCUT2D eigenvalue weighted by Crippen LogP contribution is 2.45. The molecule has 164 valence electrons. The molecule has 0 aromatic heterocycles. The first-order valence-electron chi connectivity index (χ1n) is 11.3. The molecule has 2 fully saturated rings. The molecule has 2 aliphatic rings. The predicted octanol–water partition coefficient (Wildman–Crippen LogP) is 4.32. The van der Waals surface area contributed by atoms with Crippen molar-refractivity contribution < 1.29 is 23.5 Å². The van der Waals surface area contributed by atoms with Crippen LogP contribution in [-0.4, -0.2) is 49.7 Å². The number of likely N-dealkylation sites (N-methyl/N-ethyl adjacent to an activating group) is 1. The van der Waals surface area contributed by atoms with Crippen molar-refractivity contribution in [3.8, 4) is 0 Å². The van der Waals surface area contributed by atoms with Gasteiger partial charge in [-0.2, -0.15) is 0 Å². The van der Waals surface area contributed by atoms with Crippen LogP contribution in [0.5, 0.6) is 0 Å². The van der Waals surface area contributed by atoms with Gasteiger partial charge in [-0.15, -0.1) is 0 Å². The van der Waals surface area contributed by atoms with Crippen molar-refractivity contribution in [2.24, 2.45) is 5.92 Å². The Morgan fingerprint density at radius 1 is 0.903 bits per heavy atom. The number of likely N-dealkylation sites (tertiary alicyclic amines) is 1.